The number of sulfonamides is 1. The van der Waals surface area contributed by atoms with Gasteiger partial charge in [-0.1, -0.05) is 29.8 Å². The smallest absolute Gasteiger partial charge is 0.265 e. The molecule has 0 radical (unpaired) electrons. The number of hydrogen-bond donors (Lipinski definition) is 1. The van der Waals surface area contributed by atoms with Gasteiger partial charge in [0.25, 0.3) is 15.9 Å². The molecule has 0 aliphatic carbocycles. The van der Waals surface area contributed by atoms with E-state index in [1.807, 2.05) is 31.2 Å². The zero-order valence-corrected chi connectivity index (χ0v) is 20.5. The first-order chi connectivity index (χ1) is 13.4. The minimum absolute atomic E-state index is 0.0248. The molecule has 1 aromatic carbocycles. The van der Waals surface area contributed by atoms with E-state index in [1.165, 1.54) is 19.4 Å². The molecule has 0 bridgehead atoms. The fourth-order valence-electron chi connectivity index (χ4n) is 2.39. The second kappa shape index (κ2) is 10.3. The van der Waals surface area contributed by atoms with Crippen molar-refractivity contribution in [3.8, 4) is 17.1 Å². The molecular formula is C18H18I2N4O3S. The number of pyridine rings is 1. The van der Waals surface area contributed by atoms with Crippen molar-refractivity contribution in [3.63, 3.8) is 0 Å². The topological polar surface area (TPSA) is 94.1 Å². The highest BCUT2D eigenvalue weighted by molar-refractivity contribution is 15.0. The molecule has 3 rings (SSSR count). The van der Waals surface area contributed by atoms with Crippen LogP contribution in [-0.4, -0.2) is 30.5 Å². The summed E-state index contributed by atoms with van der Waals surface area (Å²) >= 11 is 4.24. The van der Waals surface area contributed by atoms with Crippen molar-refractivity contribution in [2.75, 3.05) is 11.8 Å². The lowest BCUT2D eigenvalue weighted by Crippen LogP contribution is -2.16. The Kier molecular flexibility index (Phi) is 8.37. The van der Waals surface area contributed by atoms with Gasteiger partial charge in [-0.15, -0.1) is 0 Å². The van der Waals surface area contributed by atoms with E-state index in [0.717, 1.165) is 5.56 Å². The number of aromatic nitrogens is 3. The summed E-state index contributed by atoms with van der Waals surface area (Å²) in [7, 11) is -2.54. The maximum Gasteiger partial charge on any atom is 0.265 e. The first-order valence-electron chi connectivity index (χ1n) is 7.97. The zero-order valence-electron chi connectivity index (χ0n) is 15.3. The fraction of sp³-hybridized carbons (Fsp3) is 0.167. The van der Waals surface area contributed by atoms with E-state index in [0.29, 0.717) is 17.0 Å². The average Bonchev–Trinajstić information content (AvgIpc) is 2.71. The van der Waals surface area contributed by atoms with Crippen LogP contribution in [0.15, 0.2) is 53.7 Å². The third kappa shape index (κ3) is 5.50. The fourth-order valence-corrected chi connectivity index (χ4v) is 3.57. The molecule has 3 aromatic rings. The molecule has 0 unspecified atom stereocenters. The quantitative estimate of drug-likeness (QED) is 0.413. The van der Waals surface area contributed by atoms with Gasteiger partial charge in [0.05, 0.1) is 24.7 Å². The second-order valence-corrected chi connectivity index (χ2v) is 7.34. The Balaban J connectivity index is 0.00000136. The maximum atomic E-state index is 12.9. The van der Waals surface area contributed by atoms with Gasteiger partial charge in [-0.25, -0.2) is 18.4 Å². The summed E-state index contributed by atoms with van der Waals surface area (Å²) in [5.74, 6) is 0.131. The summed E-state index contributed by atoms with van der Waals surface area (Å²) in [6.45, 7) is 3.70. The molecule has 148 valence electrons. The van der Waals surface area contributed by atoms with Crippen molar-refractivity contribution >= 4 is 53.1 Å². The van der Waals surface area contributed by atoms with Crippen LogP contribution in [0, 0.1) is 13.8 Å². The molecule has 2 aromatic heterocycles. The summed E-state index contributed by atoms with van der Waals surface area (Å²) in [4.78, 5) is 12.5. The van der Waals surface area contributed by atoms with E-state index in [-0.39, 0.29) is 16.6 Å². The monoisotopic (exact) mass is 624 g/mol. The number of benzene rings is 1. The lowest BCUT2D eigenvalue weighted by Gasteiger charge is -2.13. The average molecular weight is 624 g/mol. The van der Waals surface area contributed by atoms with E-state index in [1.54, 1.807) is 19.2 Å². The van der Waals surface area contributed by atoms with Crippen molar-refractivity contribution in [2.45, 2.75) is 18.7 Å². The molecule has 0 aliphatic rings. The van der Waals surface area contributed by atoms with Crippen LogP contribution in [0.4, 0.5) is 5.82 Å². The summed E-state index contributed by atoms with van der Waals surface area (Å²) in [6, 6.07) is 10.6. The van der Waals surface area contributed by atoms with Gasteiger partial charge in [0.15, 0.2) is 0 Å². The molecule has 1 N–H and O–H groups in total. The zero-order chi connectivity index (χ0) is 20.7. The third-order valence-corrected chi connectivity index (χ3v) is 5.04. The Morgan fingerprint density at radius 2 is 1.71 bits per heavy atom. The Bertz CT molecular complexity index is 1040. The van der Waals surface area contributed by atoms with Crippen molar-refractivity contribution < 1.29 is 13.2 Å². The molecular weight excluding hydrogens is 606 g/mol. The van der Waals surface area contributed by atoms with Crippen LogP contribution in [-0.2, 0) is 10.0 Å². The van der Waals surface area contributed by atoms with Crippen molar-refractivity contribution in [2.24, 2.45) is 0 Å². The van der Waals surface area contributed by atoms with Crippen LogP contribution < -0.4 is 9.46 Å². The lowest BCUT2D eigenvalue weighted by atomic mass is 10.1. The molecule has 0 saturated heterocycles. The van der Waals surface area contributed by atoms with Gasteiger partial charge in [-0.2, -0.15) is 0 Å². The Morgan fingerprint density at radius 1 is 1.04 bits per heavy atom. The molecule has 0 amide bonds. The first-order valence-corrected chi connectivity index (χ1v) is 15.7. The predicted octanol–water partition coefficient (Wildman–Crippen LogP) is 4.74. The molecule has 0 atom stereocenters. The van der Waals surface area contributed by atoms with Gasteiger partial charge in [-0.05, 0) is 26.0 Å². The molecule has 0 saturated carbocycles. The number of halogens is 2. The van der Waals surface area contributed by atoms with Gasteiger partial charge < -0.3 is 4.74 Å². The van der Waals surface area contributed by atoms with Crippen molar-refractivity contribution in [3.05, 3.63) is 60.0 Å². The third-order valence-electron chi connectivity index (χ3n) is 3.67. The van der Waals surface area contributed by atoms with Gasteiger partial charge in [0.1, 0.15) is 4.90 Å². The molecule has 2 heterocycles. The Labute approximate surface area is 187 Å². The van der Waals surface area contributed by atoms with E-state index in [4.69, 9.17) is 4.74 Å². The number of aryl methyl sites for hydroxylation is 2. The van der Waals surface area contributed by atoms with Crippen LogP contribution in [0.2, 0.25) is 0 Å². The Hall–Kier alpha value is -1.54. The number of anilines is 1. The molecule has 0 aliphatic heterocycles. The molecule has 0 spiro atoms. The van der Waals surface area contributed by atoms with E-state index in [2.05, 4.69) is 56.9 Å². The predicted molar refractivity (Wildman–Crippen MR) is 127 cm³/mol. The van der Waals surface area contributed by atoms with Crippen LogP contribution >= 0.6 is 37.2 Å². The first kappa shape index (κ1) is 22.7. The van der Waals surface area contributed by atoms with E-state index < -0.39 is 10.0 Å². The van der Waals surface area contributed by atoms with Gasteiger partial charge in [0.2, 0.25) is 5.82 Å². The number of ether oxygens (including phenoxy) is 1. The van der Waals surface area contributed by atoms with E-state index in [9.17, 15) is 8.42 Å². The molecule has 28 heavy (non-hydrogen) atoms. The maximum absolute atomic E-state index is 12.9. The minimum atomic E-state index is -3.94. The number of nitrogens with zero attached hydrogens (tertiary/aromatic N) is 3. The molecule has 0 fully saturated rings. The minimum Gasteiger partial charge on any atom is -0.478 e. The van der Waals surface area contributed by atoms with Crippen LogP contribution in [0.3, 0.4) is 0 Å². The van der Waals surface area contributed by atoms with Crippen molar-refractivity contribution in [1.29, 1.82) is 0 Å². The summed E-state index contributed by atoms with van der Waals surface area (Å²) in [5, 5.41) is 0. The molecule has 10 heteroatoms. The van der Waals surface area contributed by atoms with E-state index >= 15 is 0 Å². The van der Waals surface area contributed by atoms with Gasteiger partial charge >= 0.3 is 0 Å². The number of hydrogen-bond acceptors (Lipinski definition) is 6. The Morgan fingerprint density at radius 3 is 2.36 bits per heavy atom. The standard InChI is InChI=1S/C18H18N4O3S.I2/c1-12-6-8-14(9-7-12)16-15(5-4-10-19-16)26(23,24)22-17-18(25-3)21-13(2)11-20-17;1-2/h4-11H,1-3H3,(H,20,22);. The number of nitrogens with one attached hydrogen (secondary N) is 1. The van der Waals surface area contributed by atoms with Gasteiger partial charge in [0, 0.05) is 49.0 Å². The lowest BCUT2D eigenvalue weighted by molar-refractivity contribution is 0.397. The van der Waals surface area contributed by atoms with Crippen LogP contribution in [0.5, 0.6) is 5.88 Å². The molecule has 7 nitrogen and oxygen atoms in total. The number of rotatable bonds is 5. The highest BCUT2D eigenvalue weighted by Crippen LogP contribution is 2.28. The normalized spacial score (nSPS) is 10.6. The highest BCUT2D eigenvalue weighted by atomic mass is 128. The van der Waals surface area contributed by atoms with Crippen LogP contribution in [0.25, 0.3) is 11.3 Å². The summed E-state index contributed by atoms with van der Waals surface area (Å²) < 4.78 is 33.4. The van der Waals surface area contributed by atoms with Gasteiger partial charge in [-0.3, -0.25) is 9.71 Å². The largest absolute Gasteiger partial charge is 0.478 e. The SMILES string of the molecule is COc1nc(C)cnc1NS(=O)(=O)c1cccnc1-c1ccc(C)cc1.II. The van der Waals surface area contributed by atoms with Crippen molar-refractivity contribution in [1.82, 2.24) is 15.0 Å². The number of methoxy groups -OCH3 is 1. The summed E-state index contributed by atoms with van der Waals surface area (Å²) in [5.41, 5.74) is 2.76. The highest BCUT2D eigenvalue weighted by Gasteiger charge is 2.23. The van der Waals surface area contributed by atoms with Crippen LogP contribution in [0.1, 0.15) is 11.3 Å². The second-order valence-electron chi connectivity index (χ2n) is 5.69. The summed E-state index contributed by atoms with van der Waals surface area (Å²) in [6.07, 6.45) is 3.02.